The van der Waals surface area contributed by atoms with Gasteiger partial charge in [0.2, 0.25) is 0 Å². The summed E-state index contributed by atoms with van der Waals surface area (Å²) in [6.45, 7) is -2.92. The molecule has 0 saturated heterocycles. The van der Waals surface area contributed by atoms with Crippen molar-refractivity contribution >= 4 is 28.3 Å². The number of aromatic amines is 1. The lowest BCUT2D eigenvalue weighted by Gasteiger charge is -2.05. The molecule has 0 radical (unpaired) electrons. The molecule has 27 heavy (non-hydrogen) atoms. The van der Waals surface area contributed by atoms with E-state index >= 15 is 0 Å². The van der Waals surface area contributed by atoms with Crippen molar-refractivity contribution in [1.82, 2.24) is 9.97 Å². The molecule has 0 spiro atoms. The molecule has 1 amide bonds. The minimum absolute atomic E-state index is 0.0352. The van der Waals surface area contributed by atoms with Crippen LogP contribution in [-0.4, -0.2) is 35.6 Å². The molecule has 0 saturated carbocycles. The van der Waals surface area contributed by atoms with E-state index in [-0.39, 0.29) is 17.0 Å². The Hall–Kier alpha value is -3.27. The van der Waals surface area contributed by atoms with E-state index in [2.05, 4.69) is 24.8 Å². The van der Waals surface area contributed by atoms with Crippen molar-refractivity contribution in [1.29, 1.82) is 0 Å². The van der Waals surface area contributed by atoms with E-state index in [4.69, 9.17) is 0 Å². The summed E-state index contributed by atoms with van der Waals surface area (Å²) in [6, 6.07) is 6.89. The van der Waals surface area contributed by atoms with Crippen LogP contribution in [0.5, 0.6) is 5.75 Å². The Morgan fingerprint density at radius 1 is 1.26 bits per heavy atom. The second kappa shape index (κ2) is 7.96. The molecule has 140 valence electrons. The zero-order valence-corrected chi connectivity index (χ0v) is 14.7. The zero-order valence-electron chi connectivity index (χ0n) is 13.9. The largest absolute Gasteiger partial charge is 0.464 e. The number of aromatic nitrogens is 2. The number of amides is 1. The van der Waals surface area contributed by atoms with E-state index in [1.165, 1.54) is 42.7 Å². The van der Waals surface area contributed by atoms with Crippen molar-refractivity contribution in [3.8, 4) is 17.0 Å². The third-order valence-electron chi connectivity index (χ3n) is 3.45. The van der Waals surface area contributed by atoms with Gasteiger partial charge in [0.1, 0.15) is 11.4 Å². The zero-order chi connectivity index (χ0) is 19.4. The molecule has 0 unspecified atom stereocenters. The number of nitrogens with one attached hydrogen (secondary N) is 2. The number of carbonyl (C=O) groups excluding carboxylic acids is 2. The van der Waals surface area contributed by atoms with Gasteiger partial charge in [0.25, 0.3) is 5.91 Å². The van der Waals surface area contributed by atoms with Gasteiger partial charge in [-0.3, -0.25) is 10.1 Å². The Labute approximate surface area is 156 Å². The van der Waals surface area contributed by atoms with Crippen molar-refractivity contribution in [2.24, 2.45) is 0 Å². The number of halogens is 2. The quantitative estimate of drug-likeness (QED) is 0.622. The number of anilines is 1. The van der Waals surface area contributed by atoms with Crippen LogP contribution in [0.4, 0.5) is 13.9 Å². The van der Waals surface area contributed by atoms with Crippen LogP contribution < -0.4 is 10.1 Å². The lowest BCUT2D eigenvalue weighted by molar-refractivity contribution is -0.0498. The van der Waals surface area contributed by atoms with E-state index in [1.807, 2.05) is 0 Å². The first kappa shape index (κ1) is 18.5. The predicted octanol–water partition coefficient (Wildman–Crippen LogP) is 3.78. The molecule has 0 fully saturated rings. The molecule has 2 heterocycles. The van der Waals surface area contributed by atoms with Crippen LogP contribution in [0, 0.1) is 0 Å². The molecule has 0 aliphatic heterocycles. The smallest absolute Gasteiger partial charge is 0.387 e. The summed E-state index contributed by atoms with van der Waals surface area (Å²) in [5, 5.41) is 4.70. The molecule has 0 aliphatic carbocycles. The molecule has 7 nitrogen and oxygen atoms in total. The van der Waals surface area contributed by atoms with Crippen LogP contribution in [0.15, 0.2) is 41.9 Å². The second-order valence-corrected chi connectivity index (χ2v) is 6.05. The van der Waals surface area contributed by atoms with Crippen LogP contribution in [-0.2, 0) is 4.74 Å². The van der Waals surface area contributed by atoms with Crippen LogP contribution in [0.3, 0.4) is 0 Å². The normalized spacial score (nSPS) is 10.7. The number of carbonyl (C=O) groups is 2. The molecule has 1 aromatic carbocycles. The first-order chi connectivity index (χ1) is 13.0. The number of hydrogen-bond donors (Lipinski definition) is 2. The van der Waals surface area contributed by atoms with Crippen molar-refractivity contribution < 1.29 is 27.8 Å². The minimum Gasteiger partial charge on any atom is -0.464 e. The maximum atomic E-state index is 12.2. The van der Waals surface area contributed by atoms with E-state index in [1.54, 1.807) is 17.6 Å². The maximum Gasteiger partial charge on any atom is 0.387 e. The summed E-state index contributed by atoms with van der Waals surface area (Å²) >= 11 is 1.21. The van der Waals surface area contributed by atoms with Gasteiger partial charge in [0, 0.05) is 22.7 Å². The number of nitrogens with zero attached hydrogens (tertiary/aromatic N) is 1. The fourth-order valence-corrected chi connectivity index (χ4v) is 2.91. The Bertz CT molecular complexity index is 953. The first-order valence-electron chi connectivity index (χ1n) is 7.55. The lowest BCUT2D eigenvalue weighted by Crippen LogP contribution is -2.11. The number of esters is 1. The SMILES string of the molecule is COC(=O)c1cc(-c2csc(NC(=O)c3ccc(OC(F)F)cc3)n2)c[nH]1. The Kier molecular flexibility index (Phi) is 5.46. The lowest BCUT2D eigenvalue weighted by atomic mass is 10.2. The number of ether oxygens (including phenoxy) is 2. The molecule has 2 N–H and O–H groups in total. The monoisotopic (exact) mass is 393 g/mol. The second-order valence-electron chi connectivity index (χ2n) is 5.19. The predicted molar refractivity (Wildman–Crippen MR) is 94.3 cm³/mol. The summed E-state index contributed by atoms with van der Waals surface area (Å²) in [7, 11) is 1.28. The molecular formula is C17H13F2N3O4S. The highest BCUT2D eigenvalue weighted by molar-refractivity contribution is 7.14. The highest BCUT2D eigenvalue weighted by Crippen LogP contribution is 2.26. The molecule has 0 bridgehead atoms. The fraction of sp³-hybridized carbons (Fsp3) is 0.118. The van der Waals surface area contributed by atoms with Crippen LogP contribution in [0.2, 0.25) is 0 Å². The summed E-state index contributed by atoms with van der Waals surface area (Å²) in [5.41, 5.74) is 1.79. The van der Waals surface area contributed by atoms with E-state index < -0.39 is 18.5 Å². The van der Waals surface area contributed by atoms with Crippen LogP contribution in [0.25, 0.3) is 11.3 Å². The average molecular weight is 393 g/mol. The van der Waals surface area contributed by atoms with Gasteiger partial charge in [-0.05, 0) is 30.3 Å². The number of benzene rings is 1. The number of alkyl halides is 2. The van der Waals surface area contributed by atoms with Gasteiger partial charge >= 0.3 is 12.6 Å². The molecule has 2 aromatic heterocycles. The molecular weight excluding hydrogens is 380 g/mol. The number of H-pyrrole nitrogens is 1. The van der Waals surface area contributed by atoms with Crippen molar-refractivity contribution in [2.45, 2.75) is 6.61 Å². The fourth-order valence-electron chi connectivity index (χ4n) is 2.19. The summed E-state index contributed by atoms with van der Waals surface area (Å²) in [4.78, 5) is 30.8. The van der Waals surface area contributed by atoms with E-state index in [0.29, 0.717) is 16.4 Å². The van der Waals surface area contributed by atoms with Crippen LogP contribution in [0.1, 0.15) is 20.8 Å². The highest BCUT2D eigenvalue weighted by atomic mass is 32.1. The number of thiazole rings is 1. The maximum absolute atomic E-state index is 12.2. The number of methoxy groups -OCH3 is 1. The number of hydrogen-bond acceptors (Lipinski definition) is 6. The van der Waals surface area contributed by atoms with E-state index in [9.17, 15) is 18.4 Å². The summed E-state index contributed by atoms with van der Waals surface area (Å²) in [6.07, 6.45) is 1.61. The molecule has 3 rings (SSSR count). The molecule has 0 atom stereocenters. The minimum atomic E-state index is -2.92. The summed E-state index contributed by atoms with van der Waals surface area (Å²) in [5.74, 6) is -0.972. The molecule has 0 aliphatic rings. The van der Waals surface area contributed by atoms with Gasteiger partial charge in [0.15, 0.2) is 5.13 Å². The third-order valence-corrected chi connectivity index (χ3v) is 4.21. The number of rotatable bonds is 6. The van der Waals surface area contributed by atoms with Crippen LogP contribution >= 0.6 is 11.3 Å². The van der Waals surface area contributed by atoms with Crippen molar-refractivity contribution in [2.75, 3.05) is 12.4 Å². The van der Waals surface area contributed by atoms with Crippen molar-refractivity contribution in [3.63, 3.8) is 0 Å². The van der Waals surface area contributed by atoms with Gasteiger partial charge in [-0.1, -0.05) is 0 Å². The van der Waals surface area contributed by atoms with Crippen molar-refractivity contribution in [3.05, 3.63) is 53.2 Å². The third kappa shape index (κ3) is 4.47. The Balaban J connectivity index is 1.67. The van der Waals surface area contributed by atoms with Gasteiger partial charge in [-0.2, -0.15) is 8.78 Å². The van der Waals surface area contributed by atoms with Gasteiger partial charge < -0.3 is 14.5 Å². The van der Waals surface area contributed by atoms with Gasteiger partial charge in [-0.25, -0.2) is 9.78 Å². The summed E-state index contributed by atoms with van der Waals surface area (Å²) < 4.78 is 33.1. The standard InChI is InChI=1S/C17H13F2N3O4S/c1-25-15(24)12-6-10(7-20-12)13-8-27-17(21-13)22-14(23)9-2-4-11(5-3-9)26-16(18)19/h2-8,16,20H,1H3,(H,21,22,23). The Morgan fingerprint density at radius 3 is 2.67 bits per heavy atom. The van der Waals surface area contributed by atoms with Gasteiger partial charge in [-0.15, -0.1) is 11.3 Å². The first-order valence-corrected chi connectivity index (χ1v) is 8.43. The Morgan fingerprint density at radius 2 is 2.00 bits per heavy atom. The van der Waals surface area contributed by atoms with Gasteiger partial charge in [0.05, 0.1) is 12.8 Å². The van der Waals surface area contributed by atoms with E-state index in [0.717, 1.165) is 0 Å². The molecule has 10 heteroatoms. The topological polar surface area (TPSA) is 93.3 Å². The average Bonchev–Trinajstić information content (AvgIpc) is 3.30. The molecule has 3 aromatic rings. The highest BCUT2D eigenvalue weighted by Gasteiger charge is 2.14.